The Hall–Kier alpha value is -1.69. The maximum absolute atomic E-state index is 12.8. The Morgan fingerprint density at radius 1 is 1.20 bits per heavy atom. The van der Waals surface area contributed by atoms with Crippen molar-refractivity contribution >= 4 is 5.97 Å². The van der Waals surface area contributed by atoms with Crippen LogP contribution in [0.15, 0.2) is 42.0 Å². The van der Waals surface area contributed by atoms with E-state index in [2.05, 4.69) is 35.2 Å². The van der Waals surface area contributed by atoms with Gasteiger partial charge in [-0.1, -0.05) is 36.4 Å². The van der Waals surface area contributed by atoms with Crippen molar-refractivity contribution in [2.75, 3.05) is 33.4 Å². The summed E-state index contributed by atoms with van der Waals surface area (Å²) in [6.45, 7) is 3.63. The van der Waals surface area contributed by atoms with Crippen molar-refractivity contribution in [3.05, 3.63) is 47.5 Å². The number of fused-ring (bicyclic) bond motifs is 1. The van der Waals surface area contributed by atoms with Gasteiger partial charge in [-0.3, -0.25) is 9.69 Å². The van der Waals surface area contributed by atoms with Crippen molar-refractivity contribution < 1.29 is 19.0 Å². The van der Waals surface area contributed by atoms with E-state index in [9.17, 15) is 4.79 Å². The topological polar surface area (TPSA) is 48.0 Å². The number of nitrogens with zero attached hydrogens (tertiary/aromatic N) is 1. The van der Waals surface area contributed by atoms with Gasteiger partial charge in [0.15, 0.2) is 5.79 Å². The number of hydrogen-bond acceptors (Lipinski definition) is 5. The number of ether oxygens (including phenoxy) is 3. The van der Waals surface area contributed by atoms with Gasteiger partial charge >= 0.3 is 5.97 Å². The molecule has 0 radical (unpaired) electrons. The van der Waals surface area contributed by atoms with Crippen LogP contribution in [-0.4, -0.2) is 50.1 Å². The molecule has 2 fully saturated rings. The number of carbonyl (C=O) groups is 1. The summed E-state index contributed by atoms with van der Waals surface area (Å²) in [5.74, 6) is -0.658. The van der Waals surface area contributed by atoms with E-state index >= 15 is 0 Å². The molecule has 25 heavy (non-hydrogen) atoms. The predicted octanol–water partition coefficient (Wildman–Crippen LogP) is 2.52. The normalized spacial score (nSPS) is 28.4. The van der Waals surface area contributed by atoms with Crippen molar-refractivity contribution in [1.82, 2.24) is 4.90 Å². The van der Waals surface area contributed by atoms with Crippen LogP contribution in [0.5, 0.6) is 0 Å². The third-order valence-electron chi connectivity index (χ3n) is 5.74. The van der Waals surface area contributed by atoms with Crippen molar-refractivity contribution in [2.24, 2.45) is 5.41 Å². The van der Waals surface area contributed by atoms with E-state index in [-0.39, 0.29) is 5.97 Å². The van der Waals surface area contributed by atoms with Crippen molar-refractivity contribution in [1.29, 1.82) is 0 Å². The van der Waals surface area contributed by atoms with Crippen LogP contribution < -0.4 is 0 Å². The summed E-state index contributed by atoms with van der Waals surface area (Å²) >= 11 is 0. The number of rotatable bonds is 3. The summed E-state index contributed by atoms with van der Waals surface area (Å²) < 4.78 is 17.0. The molecule has 0 bridgehead atoms. The quantitative estimate of drug-likeness (QED) is 0.623. The predicted molar refractivity (Wildman–Crippen MR) is 92.7 cm³/mol. The lowest BCUT2D eigenvalue weighted by Crippen LogP contribution is -2.53. The van der Waals surface area contributed by atoms with Crippen LogP contribution in [0, 0.1) is 5.41 Å². The fraction of sp³-hybridized carbons (Fsp3) is 0.550. The molecule has 1 saturated carbocycles. The van der Waals surface area contributed by atoms with Gasteiger partial charge in [-0.15, -0.1) is 0 Å². The smallest absolute Gasteiger partial charge is 0.317 e. The molecule has 1 aliphatic carbocycles. The molecule has 5 heteroatoms. The molecule has 2 heterocycles. The van der Waals surface area contributed by atoms with E-state index < -0.39 is 11.2 Å². The van der Waals surface area contributed by atoms with Crippen molar-refractivity contribution in [2.45, 2.75) is 31.6 Å². The van der Waals surface area contributed by atoms with Gasteiger partial charge in [0, 0.05) is 32.5 Å². The minimum Gasteiger partial charge on any atom is -0.468 e. The average molecular weight is 343 g/mol. The first-order chi connectivity index (χ1) is 12.2. The van der Waals surface area contributed by atoms with Crippen LogP contribution >= 0.6 is 0 Å². The zero-order chi connectivity index (χ0) is 17.3. The van der Waals surface area contributed by atoms with Gasteiger partial charge in [-0.2, -0.15) is 0 Å². The fourth-order valence-corrected chi connectivity index (χ4v) is 4.44. The maximum Gasteiger partial charge on any atom is 0.317 e. The second kappa shape index (κ2) is 6.56. The summed E-state index contributed by atoms with van der Waals surface area (Å²) in [5, 5.41) is 0. The molecule has 1 aromatic rings. The van der Waals surface area contributed by atoms with Gasteiger partial charge in [-0.25, -0.2) is 0 Å². The van der Waals surface area contributed by atoms with E-state index in [0.717, 1.165) is 25.1 Å². The number of hydrogen-bond donors (Lipinski definition) is 0. The highest BCUT2D eigenvalue weighted by molar-refractivity contribution is 5.81. The Morgan fingerprint density at radius 2 is 1.96 bits per heavy atom. The zero-order valence-electron chi connectivity index (χ0n) is 14.7. The molecule has 134 valence electrons. The van der Waals surface area contributed by atoms with Crippen LogP contribution in [0.3, 0.4) is 0 Å². The molecule has 0 N–H and O–H groups in total. The molecule has 2 aliphatic heterocycles. The van der Waals surface area contributed by atoms with Crippen LogP contribution in [0.4, 0.5) is 0 Å². The number of benzene rings is 1. The van der Waals surface area contributed by atoms with Gasteiger partial charge in [0.1, 0.15) is 5.41 Å². The third-order valence-corrected chi connectivity index (χ3v) is 5.74. The molecule has 1 atom stereocenters. The second-order valence-electron chi connectivity index (χ2n) is 7.24. The second-order valence-corrected chi connectivity index (χ2v) is 7.24. The summed E-state index contributed by atoms with van der Waals surface area (Å²) in [6, 6.07) is 10.4. The molecular formula is C20H25NO4. The first-order valence-electron chi connectivity index (χ1n) is 8.98. The first kappa shape index (κ1) is 16.8. The van der Waals surface area contributed by atoms with E-state index in [1.54, 1.807) is 0 Å². The van der Waals surface area contributed by atoms with E-state index in [1.165, 1.54) is 12.7 Å². The zero-order valence-corrected chi connectivity index (χ0v) is 14.7. The molecule has 0 unspecified atom stereocenters. The molecule has 1 spiro atoms. The average Bonchev–Trinajstić information content (AvgIpc) is 3.10. The highest BCUT2D eigenvalue weighted by atomic mass is 16.7. The highest BCUT2D eigenvalue weighted by Gasteiger charge is 2.55. The Balaban J connectivity index is 1.58. The van der Waals surface area contributed by atoms with Crippen LogP contribution in [0.25, 0.3) is 0 Å². The van der Waals surface area contributed by atoms with Crippen LogP contribution in [-0.2, 0) is 25.5 Å². The van der Waals surface area contributed by atoms with E-state index in [0.29, 0.717) is 32.6 Å². The van der Waals surface area contributed by atoms with Gasteiger partial charge in [-0.05, 0) is 17.6 Å². The maximum atomic E-state index is 12.8. The molecular weight excluding hydrogens is 318 g/mol. The highest BCUT2D eigenvalue weighted by Crippen LogP contribution is 2.50. The monoisotopic (exact) mass is 343 g/mol. The minimum absolute atomic E-state index is 0.135. The lowest BCUT2D eigenvalue weighted by atomic mass is 9.66. The molecule has 1 saturated heterocycles. The van der Waals surface area contributed by atoms with Gasteiger partial charge in [0.05, 0.1) is 20.3 Å². The molecule has 3 aliphatic rings. The van der Waals surface area contributed by atoms with Gasteiger partial charge < -0.3 is 14.2 Å². The molecule has 0 aromatic heterocycles. The van der Waals surface area contributed by atoms with Crippen LogP contribution in [0.1, 0.15) is 24.8 Å². The molecule has 1 aromatic carbocycles. The summed E-state index contributed by atoms with van der Waals surface area (Å²) in [7, 11) is 1.48. The van der Waals surface area contributed by atoms with Crippen molar-refractivity contribution in [3.8, 4) is 0 Å². The Kier molecular flexibility index (Phi) is 4.40. The standard InChI is InChI=1S/C20H25NO4/c1-23-18(22)19-8-9-20(24-11-12-25-20)13-17(19)7-10-21(15-19)14-16-5-3-2-4-6-16/h2-7H,8-15H2,1H3/t19-/m1/s1. The molecule has 4 rings (SSSR count). The number of methoxy groups -OCH3 is 1. The third kappa shape index (κ3) is 3.01. The number of esters is 1. The Morgan fingerprint density at radius 3 is 2.68 bits per heavy atom. The largest absolute Gasteiger partial charge is 0.468 e. The SMILES string of the molecule is COC(=O)[C@@]12CCC3(CC1=CCN(Cc1ccccc1)C2)OCCO3. The first-order valence-corrected chi connectivity index (χ1v) is 8.98. The van der Waals surface area contributed by atoms with Crippen LogP contribution in [0.2, 0.25) is 0 Å². The Labute approximate surface area is 148 Å². The summed E-state index contributed by atoms with van der Waals surface area (Å²) in [5.41, 5.74) is 1.81. The summed E-state index contributed by atoms with van der Waals surface area (Å²) in [4.78, 5) is 15.1. The summed E-state index contributed by atoms with van der Waals surface area (Å²) in [6.07, 6.45) is 4.30. The lowest BCUT2D eigenvalue weighted by Gasteiger charge is -2.48. The molecule has 5 nitrogen and oxygen atoms in total. The fourth-order valence-electron chi connectivity index (χ4n) is 4.44. The number of carbonyl (C=O) groups excluding carboxylic acids is 1. The van der Waals surface area contributed by atoms with Gasteiger partial charge in [0.2, 0.25) is 0 Å². The van der Waals surface area contributed by atoms with E-state index in [1.807, 2.05) is 6.07 Å². The van der Waals surface area contributed by atoms with E-state index in [4.69, 9.17) is 14.2 Å². The van der Waals surface area contributed by atoms with Crippen molar-refractivity contribution in [3.63, 3.8) is 0 Å². The minimum atomic E-state index is -0.567. The molecule has 0 amide bonds. The lowest BCUT2D eigenvalue weighted by molar-refractivity contribution is -0.187. The Bertz CT molecular complexity index is 666. The van der Waals surface area contributed by atoms with Gasteiger partial charge in [0.25, 0.3) is 0 Å².